The Labute approximate surface area is 50.7 Å². The van der Waals surface area contributed by atoms with Crippen LogP contribution in [0.15, 0.2) is 5.16 Å². The number of oxime groups is 1. The molecule has 0 aliphatic carbocycles. The number of hydrogen-bond acceptors (Lipinski definition) is 3. The summed E-state index contributed by atoms with van der Waals surface area (Å²) in [6, 6.07) is 0. The molecule has 46 valence electrons. The van der Waals surface area contributed by atoms with Crippen molar-refractivity contribution in [3.05, 3.63) is 0 Å². The van der Waals surface area contributed by atoms with E-state index in [9.17, 15) is 4.79 Å². The largest absolute Gasteiger partial charge is 0.476 e. The predicted octanol–water partition coefficient (Wildman–Crippen LogP) is 0.270. The first-order valence-electron chi connectivity index (χ1n) is 1.68. The molecular weight excluding hydrogens is 133 g/mol. The van der Waals surface area contributed by atoms with Crippen LogP contribution in [0.2, 0.25) is 0 Å². The third-order valence-electron chi connectivity index (χ3n) is 0.348. The molecule has 0 saturated heterocycles. The van der Waals surface area contributed by atoms with E-state index in [4.69, 9.17) is 16.7 Å². The van der Waals surface area contributed by atoms with Crippen molar-refractivity contribution in [3.63, 3.8) is 0 Å². The highest BCUT2D eigenvalue weighted by molar-refractivity contribution is 6.81. The lowest BCUT2D eigenvalue weighted by Crippen LogP contribution is -2.04. The molecule has 8 heavy (non-hydrogen) atoms. The predicted molar refractivity (Wildman–Crippen MR) is 27.9 cm³/mol. The van der Waals surface area contributed by atoms with Gasteiger partial charge in [0.1, 0.15) is 7.11 Å². The standard InChI is InChI=1S/C3H4ClNO3/c1-8-5-2(4)3(6)7/h1H3,(H,6,7). The summed E-state index contributed by atoms with van der Waals surface area (Å²) in [5.41, 5.74) is 0. The van der Waals surface area contributed by atoms with E-state index in [2.05, 4.69) is 9.99 Å². The minimum atomic E-state index is -1.30. The van der Waals surface area contributed by atoms with Crippen LogP contribution in [0.4, 0.5) is 0 Å². The molecule has 0 bridgehead atoms. The average molecular weight is 138 g/mol. The highest BCUT2D eigenvalue weighted by Crippen LogP contribution is 1.84. The molecule has 0 aromatic heterocycles. The van der Waals surface area contributed by atoms with Gasteiger partial charge in [-0.15, -0.1) is 0 Å². The number of carbonyl (C=O) groups is 1. The van der Waals surface area contributed by atoms with Gasteiger partial charge in [-0.05, 0) is 0 Å². The quantitative estimate of drug-likeness (QED) is 0.439. The van der Waals surface area contributed by atoms with Crippen LogP contribution < -0.4 is 0 Å². The zero-order valence-electron chi connectivity index (χ0n) is 4.09. The number of carboxylic acids is 1. The lowest BCUT2D eigenvalue weighted by Gasteiger charge is -1.85. The third kappa shape index (κ3) is 2.41. The van der Waals surface area contributed by atoms with Crippen LogP contribution in [-0.2, 0) is 9.63 Å². The number of halogens is 1. The minimum absolute atomic E-state index is 0.576. The molecule has 0 aliphatic rings. The van der Waals surface area contributed by atoms with E-state index < -0.39 is 11.1 Å². The maximum absolute atomic E-state index is 9.75. The van der Waals surface area contributed by atoms with Crippen LogP contribution in [0, 0.1) is 0 Å². The zero-order valence-corrected chi connectivity index (χ0v) is 4.84. The molecular formula is C3H4ClNO3. The van der Waals surface area contributed by atoms with Crippen LogP contribution in [0.1, 0.15) is 0 Å². The van der Waals surface area contributed by atoms with E-state index in [1.54, 1.807) is 0 Å². The first-order chi connectivity index (χ1) is 3.68. The Kier molecular flexibility index (Phi) is 2.95. The van der Waals surface area contributed by atoms with Gasteiger partial charge >= 0.3 is 5.97 Å². The topological polar surface area (TPSA) is 58.9 Å². The van der Waals surface area contributed by atoms with E-state index >= 15 is 0 Å². The number of hydrogen-bond donors (Lipinski definition) is 1. The fourth-order valence-corrected chi connectivity index (χ4v) is 0.188. The van der Waals surface area contributed by atoms with Crippen molar-refractivity contribution in [2.75, 3.05) is 7.11 Å². The van der Waals surface area contributed by atoms with Gasteiger partial charge in [0.05, 0.1) is 0 Å². The maximum atomic E-state index is 9.75. The molecule has 0 unspecified atom stereocenters. The van der Waals surface area contributed by atoms with Crippen LogP contribution in [-0.4, -0.2) is 23.4 Å². The second-order valence-corrected chi connectivity index (χ2v) is 1.23. The van der Waals surface area contributed by atoms with Gasteiger partial charge in [-0.3, -0.25) is 0 Å². The summed E-state index contributed by atoms with van der Waals surface area (Å²) < 4.78 is 0. The SMILES string of the molecule is CON=C(Cl)C(=O)O. The Morgan fingerprint density at radius 3 is 2.50 bits per heavy atom. The molecule has 0 spiro atoms. The number of carboxylic acid groups (broad SMARTS) is 1. The Balaban J connectivity index is 3.80. The summed E-state index contributed by atoms with van der Waals surface area (Å²) in [6.07, 6.45) is 0. The van der Waals surface area contributed by atoms with E-state index in [0.717, 1.165) is 0 Å². The number of rotatable bonds is 2. The Morgan fingerprint density at radius 2 is 2.38 bits per heavy atom. The summed E-state index contributed by atoms with van der Waals surface area (Å²) in [5, 5.41) is 10.3. The molecule has 0 saturated carbocycles. The Hall–Kier alpha value is -0.770. The summed E-state index contributed by atoms with van der Waals surface area (Å²) in [5.74, 6) is -1.30. The molecule has 0 radical (unpaired) electrons. The molecule has 1 N–H and O–H groups in total. The van der Waals surface area contributed by atoms with Gasteiger partial charge in [-0.2, -0.15) is 0 Å². The molecule has 0 rings (SSSR count). The van der Waals surface area contributed by atoms with Crippen LogP contribution >= 0.6 is 11.6 Å². The summed E-state index contributed by atoms with van der Waals surface area (Å²) in [6.45, 7) is 0. The highest BCUT2D eigenvalue weighted by Gasteiger charge is 2.03. The fourth-order valence-electron chi connectivity index (χ4n) is 0.119. The van der Waals surface area contributed by atoms with Crippen LogP contribution in [0.3, 0.4) is 0 Å². The minimum Gasteiger partial charge on any atom is -0.476 e. The smallest absolute Gasteiger partial charge is 0.369 e. The first-order valence-corrected chi connectivity index (χ1v) is 2.06. The van der Waals surface area contributed by atoms with Crippen molar-refractivity contribution >= 4 is 22.7 Å². The lowest BCUT2D eigenvalue weighted by atomic mass is 10.8. The second-order valence-electron chi connectivity index (χ2n) is 0.870. The van der Waals surface area contributed by atoms with Gasteiger partial charge < -0.3 is 9.94 Å². The van der Waals surface area contributed by atoms with Crippen molar-refractivity contribution in [1.29, 1.82) is 0 Å². The summed E-state index contributed by atoms with van der Waals surface area (Å²) in [4.78, 5) is 13.8. The molecule has 0 heterocycles. The van der Waals surface area contributed by atoms with E-state index in [-0.39, 0.29) is 0 Å². The summed E-state index contributed by atoms with van der Waals surface area (Å²) in [7, 11) is 1.21. The molecule has 0 aliphatic heterocycles. The van der Waals surface area contributed by atoms with Crippen LogP contribution in [0.5, 0.6) is 0 Å². The Morgan fingerprint density at radius 1 is 1.88 bits per heavy atom. The van der Waals surface area contributed by atoms with Gasteiger partial charge in [-0.25, -0.2) is 4.79 Å². The van der Waals surface area contributed by atoms with Gasteiger partial charge in [-0.1, -0.05) is 16.8 Å². The monoisotopic (exact) mass is 137 g/mol. The molecule has 0 fully saturated rings. The lowest BCUT2D eigenvalue weighted by molar-refractivity contribution is -0.129. The average Bonchev–Trinajstić information content (AvgIpc) is 1.67. The maximum Gasteiger partial charge on any atom is 0.369 e. The third-order valence-corrected chi connectivity index (χ3v) is 0.579. The van der Waals surface area contributed by atoms with Gasteiger partial charge in [0, 0.05) is 0 Å². The molecule has 0 aromatic rings. The first kappa shape index (κ1) is 7.23. The normalized spacial score (nSPS) is 11.0. The second kappa shape index (κ2) is 3.26. The van der Waals surface area contributed by atoms with Crippen molar-refractivity contribution in [2.45, 2.75) is 0 Å². The van der Waals surface area contributed by atoms with Gasteiger partial charge in [0.25, 0.3) is 5.17 Å². The van der Waals surface area contributed by atoms with E-state index in [1.807, 2.05) is 0 Å². The Bertz CT molecular complexity index is 122. The molecule has 0 aromatic carbocycles. The molecule has 0 atom stereocenters. The molecule has 4 nitrogen and oxygen atoms in total. The van der Waals surface area contributed by atoms with Gasteiger partial charge in [0.2, 0.25) is 0 Å². The van der Waals surface area contributed by atoms with Crippen molar-refractivity contribution in [1.82, 2.24) is 0 Å². The highest BCUT2D eigenvalue weighted by atomic mass is 35.5. The summed E-state index contributed by atoms with van der Waals surface area (Å²) >= 11 is 4.94. The van der Waals surface area contributed by atoms with E-state index in [0.29, 0.717) is 0 Å². The molecule has 0 amide bonds. The fraction of sp³-hybridized carbons (Fsp3) is 0.333. The van der Waals surface area contributed by atoms with E-state index in [1.165, 1.54) is 7.11 Å². The number of aliphatic carboxylic acids is 1. The molecule has 5 heteroatoms. The van der Waals surface area contributed by atoms with Crippen LogP contribution in [0.25, 0.3) is 0 Å². The zero-order chi connectivity index (χ0) is 6.57. The van der Waals surface area contributed by atoms with Crippen molar-refractivity contribution in [2.24, 2.45) is 5.16 Å². The number of nitrogens with zero attached hydrogens (tertiary/aromatic N) is 1. The van der Waals surface area contributed by atoms with Crippen molar-refractivity contribution in [3.8, 4) is 0 Å². The van der Waals surface area contributed by atoms with Crippen molar-refractivity contribution < 1.29 is 14.7 Å². The van der Waals surface area contributed by atoms with Gasteiger partial charge in [0.15, 0.2) is 0 Å².